The Hall–Kier alpha value is -0.410. The quantitative estimate of drug-likeness (QED) is 0.763. The normalized spacial score (nSPS) is 14.8. The molecule has 2 nitrogen and oxygen atoms in total. The van der Waals surface area contributed by atoms with Crippen molar-refractivity contribution in [3.05, 3.63) is 16.1 Å². The van der Waals surface area contributed by atoms with Gasteiger partial charge in [-0.2, -0.15) is 0 Å². The maximum Gasteiger partial charge on any atom is 0.0940 e. The van der Waals surface area contributed by atoms with Crippen LogP contribution in [0.15, 0.2) is 5.38 Å². The average molecular weight is 254 g/mol. The number of nitrogens with one attached hydrogen (secondary N) is 1. The lowest BCUT2D eigenvalue weighted by Gasteiger charge is -2.20. The summed E-state index contributed by atoms with van der Waals surface area (Å²) in [6.45, 7) is 10.0. The van der Waals surface area contributed by atoms with Crippen molar-refractivity contribution < 1.29 is 0 Å². The van der Waals surface area contributed by atoms with Crippen LogP contribution in [-0.4, -0.2) is 17.6 Å². The SMILES string of the molecule is CCC(C)CC(CC)NCCc1nc(C)cs1. The zero-order valence-corrected chi connectivity index (χ0v) is 12.4. The largest absolute Gasteiger partial charge is 0.314 e. The number of aryl methyl sites for hydroxylation is 1. The van der Waals surface area contributed by atoms with Gasteiger partial charge in [0.25, 0.3) is 0 Å². The minimum atomic E-state index is 0.672. The topological polar surface area (TPSA) is 24.9 Å². The molecule has 0 spiro atoms. The van der Waals surface area contributed by atoms with E-state index in [0.29, 0.717) is 6.04 Å². The first-order chi connectivity index (χ1) is 8.15. The van der Waals surface area contributed by atoms with Crippen molar-refractivity contribution in [1.29, 1.82) is 0 Å². The fourth-order valence-corrected chi connectivity index (χ4v) is 2.72. The van der Waals surface area contributed by atoms with Crippen molar-refractivity contribution >= 4 is 11.3 Å². The summed E-state index contributed by atoms with van der Waals surface area (Å²) in [6, 6.07) is 0.672. The highest BCUT2D eigenvalue weighted by Gasteiger charge is 2.09. The van der Waals surface area contributed by atoms with Crippen LogP contribution >= 0.6 is 11.3 Å². The fraction of sp³-hybridized carbons (Fsp3) is 0.786. The van der Waals surface area contributed by atoms with Crippen LogP contribution in [0.1, 0.15) is 50.7 Å². The Labute approximate surface area is 110 Å². The van der Waals surface area contributed by atoms with Crippen LogP contribution < -0.4 is 5.32 Å². The maximum atomic E-state index is 4.49. The van der Waals surface area contributed by atoms with Crippen LogP contribution in [0.25, 0.3) is 0 Å². The maximum absolute atomic E-state index is 4.49. The van der Waals surface area contributed by atoms with Gasteiger partial charge in [-0.25, -0.2) is 4.98 Å². The molecule has 2 unspecified atom stereocenters. The van der Waals surface area contributed by atoms with E-state index in [-0.39, 0.29) is 0 Å². The van der Waals surface area contributed by atoms with Crippen molar-refractivity contribution in [3.8, 4) is 0 Å². The van der Waals surface area contributed by atoms with Crippen molar-refractivity contribution in [1.82, 2.24) is 10.3 Å². The van der Waals surface area contributed by atoms with E-state index in [4.69, 9.17) is 0 Å². The zero-order valence-electron chi connectivity index (χ0n) is 11.6. The lowest BCUT2D eigenvalue weighted by atomic mass is 9.98. The molecule has 2 atom stereocenters. The second-order valence-corrected chi connectivity index (χ2v) is 5.88. The number of hydrogen-bond donors (Lipinski definition) is 1. The highest BCUT2D eigenvalue weighted by atomic mass is 32.1. The van der Waals surface area contributed by atoms with Crippen LogP contribution in [0, 0.1) is 12.8 Å². The van der Waals surface area contributed by atoms with Crippen LogP contribution in [-0.2, 0) is 6.42 Å². The van der Waals surface area contributed by atoms with Crippen molar-refractivity contribution in [2.75, 3.05) is 6.54 Å². The van der Waals surface area contributed by atoms with E-state index in [1.165, 1.54) is 24.3 Å². The minimum absolute atomic E-state index is 0.672. The summed E-state index contributed by atoms with van der Waals surface area (Å²) in [6.07, 6.45) is 4.87. The molecule has 98 valence electrons. The summed E-state index contributed by atoms with van der Waals surface area (Å²) in [4.78, 5) is 4.49. The highest BCUT2D eigenvalue weighted by Crippen LogP contribution is 2.12. The summed E-state index contributed by atoms with van der Waals surface area (Å²) in [5.41, 5.74) is 1.15. The number of thiazole rings is 1. The molecule has 0 aliphatic rings. The smallest absolute Gasteiger partial charge is 0.0940 e. The molecule has 0 saturated carbocycles. The van der Waals surface area contributed by atoms with E-state index in [1.807, 2.05) is 0 Å². The van der Waals surface area contributed by atoms with Crippen LogP contribution in [0.5, 0.6) is 0 Å². The Balaban J connectivity index is 2.23. The van der Waals surface area contributed by atoms with Gasteiger partial charge in [0.05, 0.1) is 5.01 Å². The van der Waals surface area contributed by atoms with E-state index < -0.39 is 0 Å². The summed E-state index contributed by atoms with van der Waals surface area (Å²) >= 11 is 1.78. The number of rotatable bonds is 8. The molecule has 0 radical (unpaired) electrons. The molecule has 0 aliphatic carbocycles. The average Bonchev–Trinajstić information content (AvgIpc) is 2.73. The Morgan fingerprint density at radius 3 is 2.65 bits per heavy atom. The number of nitrogens with zero attached hydrogens (tertiary/aromatic N) is 1. The minimum Gasteiger partial charge on any atom is -0.314 e. The van der Waals surface area contributed by atoms with Gasteiger partial charge in [-0.1, -0.05) is 27.2 Å². The molecule has 0 saturated heterocycles. The van der Waals surface area contributed by atoms with E-state index in [0.717, 1.165) is 24.6 Å². The standard InChI is InChI=1S/C14H26N2S/c1-5-11(3)9-13(6-2)15-8-7-14-16-12(4)10-17-14/h10-11,13,15H,5-9H2,1-4H3. The molecule has 0 aliphatic heterocycles. The first-order valence-electron chi connectivity index (χ1n) is 6.80. The van der Waals surface area contributed by atoms with Gasteiger partial charge >= 0.3 is 0 Å². The van der Waals surface area contributed by atoms with Gasteiger partial charge in [0, 0.05) is 30.1 Å². The second-order valence-electron chi connectivity index (χ2n) is 4.94. The summed E-state index contributed by atoms with van der Waals surface area (Å²) in [7, 11) is 0. The summed E-state index contributed by atoms with van der Waals surface area (Å²) in [5.74, 6) is 0.828. The molecule has 1 aromatic rings. The molecule has 1 heterocycles. The van der Waals surface area contributed by atoms with Gasteiger partial charge in [-0.05, 0) is 25.7 Å². The predicted molar refractivity (Wildman–Crippen MR) is 76.7 cm³/mol. The Morgan fingerprint density at radius 2 is 2.12 bits per heavy atom. The van der Waals surface area contributed by atoms with E-state index in [1.54, 1.807) is 11.3 Å². The molecule has 0 fully saturated rings. The van der Waals surface area contributed by atoms with Crippen molar-refractivity contribution in [2.24, 2.45) is 5.92 Å². The third-order valence-electron chi connectivity index (χ3n) is 3.32. The van der Waals surface area contributed by atoms with Gasteiger partial charge in [0.1, 0.15) is 0 Å². The van der Waals surface area contributed by atoms with E-state index in [2.05, 4.69) is 43.4 Å². The Bertz CT molecular complexity index is 309. The van der Waals surface area contributed by atoms with Crippen LogP contribution in [0.2, 0.25) is 0 Å². The first kappa shape index (κ1) is 14.7. The third kappa shape index (κ3) is 5.64. The molecule has 0 amide bonds. The monoisotopic (exact) mass is 254 g/mol. The summed E-state index contributed by atoms with van der Waals surface area (Å²) in [5, 5.41) is 7.05. The molecule has 1 rings (SSSR count). The molecule has 0 bridgehead atoms. The molecular formula is C14H26N2S. The van der Waals surface area contributed by atoms with Gasteiger partial charge in [-0.15, -0.1) is 11.3 Å². The summed E-state index contributed by atoms with van der Waals surface area (Å²) < 4.78 is 0. The van der Waals surface area contributed by atoms with E-state index in [9.17, 15) is 0 Å². The molecule has 17 heavy (non-hydrogen) atoms. The number of hydrogen-bond acceptors (Lipinski definition) is 3. The molecule has 0 aromatic carbocycles. The predicted octanol–water partition coefficient (Wildman–Crippen LogP) is 3.80. The van der Waals surface area contributed by atoms with Gasteiger partial charge in [-0.3, -0.25) is 0 Å². The lowest BCUT2D eigenvalue weighted by Crippen LogP contribution is -2.31. The highest BCUT2D eigenvalue weighted by molar-refractivity contribution is 7.09. The fourth-order valence-electron chi connectivity index (χ4n) is 1.95. The van der Waals surface area contributed by atoms with E-state index >= 15 is 0 Å². The Morgan fingerprint density at radius 1 is 1.35 bits per heavy atom. The Kier molecular flexibility index (Phi) is 6.75. The molecule has 1 aromatic heterocycles. The zero-order chi connectivity index (χ0) is 12.7. The van der Waals surface area contributed by atoms with Crippen LogP contribution in [0.3, 0.4) is 0 Å². The number of aromatic nitrogens is 1. The van der Waals surface area contributed by atoms with Gasteiger partial charge in [0.15, 0.2) is 0 Å². The lowest BCUT2D eigenvalue weighted by molar-refractivity contribution is 0.387. The van der Waals surface area contributed by atoms with Gasteiger partial charge < -0.3 is 5.32 Å². The van der Waals surface area contributed by atoms with Crippen molar-refractivity contribution in [2.45, 2.75) is 59.4 Å². The first-order valence-corrected chi connectivity index (χ1v) is 7.68. The van der Waals surface area contributed by atoms with Gasteiger partial charge in [0.2, 0.25) is 0 Å². The second kappa shape index (κ2) is 7.83. The molecular weight excluding hydrogens is 228 g/mol. The van der Waals surface area contributed by atoms with Crippen molar-refractivity contribution in [3.63, 3.8) is 0 Å². The molecule has 3 heteroatoms. The van der Waals surface area contributed by atoms with Crippen LogP contribution in [0.4, 0.5) is 0 Å². The third-order valence-corrected chi connectivity index (χ3v) is 4.34. The molecule has 1 N–H and O–H groups in total.